The van der Waals surface area contributed by atoms with Crippen LogP contribution in [0.3, 0.4) is 0 Å². The van der Waals surface area contributed by atoms with Crippen molar-refractivity contribution in [1.82, 2.24) is 9.88 Å². The lowest BCUT2D eigenvalue weighted by Gasteiger charge is -2.21. The fourth-order valence-electron chi connectivity index (χ4n) is 2.27. The quantitative estimate of drug-likeness (QED) is 0.792. The van der Waals surface area contributed by atoms with Gasteiger partial charge in [0, 0.05) is 11.9 Å². The maximum Gasteiger partial charge on any atom is 0.416 e. The Morgan fingerprint density at radius 1 is 1.23 bits per heavy atom. The van der Waals surface area contributed by atoms with Crippen LogP contribution in [0.25, 0.3) is 0 Å². The number of rotatable bonds is 7. The van der Waals surface area contributed by atoms with Gasteiger partial charge in [-0.25, -0.2) is 4.98 Å². The van der Waals surface area contributed by atoms with E-state index in [1.807, 2.05) is 6.92 Å². The average molecular weight is 386 g/mol. The van der Waals surface area contributed by atoms with Gasteiger partial charge in [-0.15, -0.1) is 11.3 Å². The summed E-state index contributed by atoms with van der Waals surface area (Å²) in [5, 5.41) is 11.6. The Hall–Kier alpha value is -2.42. The van der Waals surface area contributed by atoms with Crippen molar-refractivity contribution in [3.8, 4) is 0 Å². The van der Waals surface area contributed by atoms with Gasteiger partial charge in [0.25, 0.3) is 0 Å². The van der Waals surface area contributed by atoms with Crippen molar-refractivity contribution in [3.05, 3.63) is 51.5 Å². The monoisotopic (exact) mass is 386 g/mol. The summed E-state index contributed by atoms with van der Waals surface area (Å²) >= 11 is 1.42. The Bertz CT molecular complexity index is 772. The predicted molar refractivity (Wildman–Crippen MR) is 89.7 cm³/mol. The second-order valence-corrected chi connectivity index (χ2v) is 6.54. The van der Waals surface area contributed by atoms with E-state index < -0.39 is 30.2 Å². The van der Waals surface area contributed by atoms with E-state index in [1.54, 1.807) is 5.38 Å². The van der Waals surface area contributed by atoms with Crippen LogP contribution in [-0.4, -0.2) is 33.4 Å². The molecule has 0 aliphatic rings. The molecule has 1 N–H and O–H groups in total. The molecule has 1 aromatic heterocycles. The molecule has 0 radical (unpaired) electrons. The van der Waals surface area contributed by atoms with E-state index in [0.717, 1.165) is 28.5 Å². The van der Waals surface area contributed by atoms with Crippen LogP contribution in [0.5, 0.6) is 0 Å². The minimum absolute atomic E-state index is 0.0512. The highest BCUT2D eigenvalue weighted by molar-refractivity contribution is 7.09. The lowest BCUT2D eigenvalue weighted by Crippen LogP contribution is -2.36. The number of aryl methyl sites for hydroxylation is 1. The summed E-state index contributed by atoms with van der Waals surface area (Å²) in [5.41, 5.74) is 0.173. The number of alkyl halides is 3. The molecule has 26 heavy (non-hydrogen) atoms. The maximum atomic E-state index is 12.6. The number of halogens is 3. The van der Waals surface area contributed by atoms with E-state index in [4.69, 9.17) is 5.11 Å². The summed E-state index contributed by atoms with van der Waals surface area (Å²) in [5.74, 6) is -1.64. The predicted octanol–water partition coefficient (Wildman–Crippen LogP) is 3.38. The molecule has 1 heterocycles. The smallest absolute Gasteiger partial charge is 0.416 e. The zero-order valence-corrected chi connectivity index (χ0v) is 14.7. The lowest BCUT2D eigenvalue weighted by molar-refractivity contribution is -0.144. The molecule has 2 rings (SSSR count). The second kappa shape index (κ2) is 8.31. The first kappa shape index (κ1) is 19.9. The molecular weight excluding hydrogens is 369 g/mol. The van der Waals surface area contributed by atoms with Gasteiger partial charge in [0.15, 0.2) is 0 Å². The van der Waals surface area contributed by atoms with E-state index in [1.165, 1.54) is 23.5 Å². The van der Waals surface area contributed by atoms with E-state index >= 15 is 0 Å². The van der Waals surface area contributed by atoms with Crippen molar-refractivity contribution >= 4 is 23.2 Å². The minimum atomic E-state index is -4.45. The number of carbonyl (C=O) groups is 2. The molecule has 1 amide bonds. The molecule has 0 saturated carbocycles. The van der Waals surface area contributed by atoms with Gasteiger partial charge in [-0.2, -0.15) is 13.2 Å². The van der Waals surface area contributed by atoms with E-state index in [9.17, 15) is 22.8 Å². The number of thiazole rings is 1. The molecule has 2 aromatic rings. The SMILES string of the molecule is CCc1nc(CC(=O)N(CC(=O)O)Cc2ccc(C(F)(F)F)cc2)cs1. The fourth-order valence-corrected chi connectivity index (χ4v) is 3.02. The number of nitrogens with zero attached hydrogens (tertiary/aromatic N) is 2. The van der Waals surface area contributed by atoms with Crippen LogP contribution < -0.4 is 0 Å². The molecule has 0 spiro atoms. The third-order valence-corrected chi connectivity index (χ3v) is 4.61. The molecule has 0 atom stereocenters. The van der Waals surface area contributed by atoms with Crippen molar-refractivity contribution in [2.24, 2.45) is 0 Å². The van der Waals surface area contributed by atoms with Crippen LogP contribution in [0.1, 0.15) is 28.8 Å². The van der Waals surface area contributed by atoms with Crippen LogP contribution in [0.15, 0.2) is 29.6 Å². The largest absolute Gasteiger partial charge is 0.480 e. The zero-order valence-electron chi connectivity index (χ0n) is 13.9. The van der Waals surface area contributed by atoms with Gasteiger partial charge in [0.2, 0.25) is 5.91 Å². The van der Waals surface area contributed by atoms with Gasteiger partial charge in [0.1, 0.15) is 6.54 Å². The zero-order chi connectivity index (χ0) is 19.3. The molecule has 9 heteroatoms. The lowest BCUT2D eigenvalue weighted by atomic mass is 10.1. The Morgan fingerprint density at radius 3 is 2.38 bits per heavy atom. The molecule has 0 aliphatic heterocycles. The standard InChI is InChI=1S/C17H17F3N2O3S/c1-2-14-21-13(10-26-14)7-15(23)22(9-16(24)25)8-11-3-5-12(6-4-11)17(18,19)20/h3-6,10H,2,7-9H2,1H3,(H,24,25). The van der Waals surface area contributed by atoms with Gasteiger partial charge >= 0.3 is 12.1 Å². The fraction of sp³-hybridized carbons (Fsp3) is 0.353. The van der Waals surface area contributed by atoms with Crippen LogP contribution in [0, 0.1) is 0 Å². The first-order valence-corrected chi connectivity index (χ1v) is 8.66. The second-order valence-electron chi connectivity index (χ2n) is 5.60. The van der Waals surface area contributed by atoms with Crippen molar-refractivity contribution in [1.29, 1.82) is 0 Å². The van der Waals surface area contributed by atoms with Crippen molar-refractivity contribution in [3.63, 3.8) is 0 Å². The molecule has 0 bridgehead atoms. The number of benzene rings is 1. The molecule has 5 nitrogen and oxygen atoms in total. The van der Waals surface area contributed by atoms with Gasteiger partial charge in [-0.3, -0.25) is 9.59 Å². The van der Waals surface area contributed by atoms with Crippen molar-refractivity contribution in [2.75, 3.05) is 6.54 Å². The van der Waals surface area contributed by atoms with Crippen molar-refractivity contribution in [2.45, 2.75) is 32.5 Å². The van der Waals surface area contributed by atoms with Crippen molar-refractivity contribution < 1.29 is 27.9 Å². The van der Waals surface area contributed by atoms with Gasteiger partial charge < -0.3 is 10.0 Å². The number of aromatic nitrogens is 1. The summed E-state index contributed by atoms with van der Waals surface area (Å²) < 4.78 is 37.8. The molecular formula is C17H17F3N2O3S. The Kier molecular flexibility index (Phi) is 6.36. The topological polar surface area (TPSA) is 70.5 Å². The number of hydrogen-bond donors (Lipinski definition) is 1. The van der Waals surface area contributed by atoms with Gasteiger partial charge in [-0.05, 0) is 24.1 Å². The van der Waals surface area contributed by atoms with E-state index in [-0.39, 0.29) is 13.0 Å². The molecule has 0 saturated heterocycles. The van der Waals surface area contributed by atoms with Gasteiger partial charge in [-0.1, -0.05) is 19.1 Å². The molecule has 0 unspecified atom stereocenters. The molecule has 0 fully saturated rings. The molecule has 0 aliphatic carbocycles. The Balaban J connectivity index is 2.10. The normalized spacial score (nSPS) is 11.4. The highest BCUT2D eigenvalue weighted by atomic mass is 32.1. The summed E-state index contributed by atoms with van der Waals surface area (Å²) in [4.78, 5) is 28.8. The number of hydrogen-bond acceptors (Lipinski definition) is 4. The highest BCUT2D eigenvalue weighted by Gasteiger charge is 2.30. The number of carboxylic acids is 1. The average Bonchev–Trinajstić information content (AvgIpc) is 3.01. The summed E-state index contributed by atoms with van der Waals surface area (Å²) in [7, 11) is 0. The van der Waals surface area contributed by atoms with E-state index in [2.05, 4.69) is 4.98 Å². The first-order valence-electron chi connectivity index (χ1n) is 7.78. The number of carbonyl (C=O) groups excluding carboxylic acids is 1. The molecule has 1 aromatic carbocycles. The number of amides is 1. The van der Waals surface area contributed by atoms with Crippen LogP contribution in [0.2, 0.25) is 0 Å². The van der Waals surface area contributed by atoms with E-state index in [0.29, 0.717) is 11.3 Å². The number of carboxylic acid groups (broad SMARTS) is 1. The Morgan fingerprint density at radius 2 is 1.88 bits per heavy atom. The summed E-state index contributed by atoms with van der Waals surface area (Å²) in [6, 6.07) is 4.30. The first-order chi connectivity index (χ1) is 12.2. The Labute approximate surface area is 152 Å². The third kappa shape index (κ3) is 5.55. The highest BCUT2D eigenvalue weighted by Crippen LogP contribution is 2.29. The molecule has 140 valence electrons. The summed E-state index contributed by atoms with van der Waals surface area (Å²) in [6.45, 7) is 1.31. The van der Waals surface area contributed by atoms with Crippen LogP contribution in [-0.2, 0) is 35.2 Å². The maximum absolute atomic E-state index is 12.6. The number of aliphatic carboxylic acids is 1. The van der Waals surface area contributed by atoms with Crippen LogP contribution >= 0.6 is 11.3 Å². The summed E-state index contributed by atoms with van der Waals surface area (Å²) in [6.07, 6.45) is -3.76. The van der Waals surface area contributed by atoms with Crippen LogP contribution in [0.4, 0.5) is 13.2 Å². The van der Waals surface area contributed by atoms with Gasteiger partial charge in [0.05, 0.1) is 22.7 Å². The minimum Gasteiger partial charge on any atom is -0.480 e. The third-order valence-electron chi connectivity index (χ3n) is 3.57.